The molecule has 6 heteroatoms. The number of ether oxygens (including phenoxy) is 2. The first-order chi connectivity index (χ1) is 8.63. The quantitative estimate of drug-likeness (QED) is 0.657. The van der Waals surface area contributed by atoms with Crippen LogP contribution in [-0.4, -0.2) is 36.3 Å². The molecular weight excluding hydrogens is 252 g/mol. The molecule has 0 unspecified atom stereocenters. The van der Waals surface area contributed by atoms with Crippen molar-refractivity contribution in [1.29, 1.82) is 0 Å². The maximum absolute atomic E-state index is 11.6. The number of methoxy groups -OCH3 is 1. The molecule has 1 aromatic rings. The lowest BCUT2D eigenvalue weighted by molar-refractivity contribution is 0.0597. The van der Waals surface area contributed by atoms with Crippen molar-refractivity contribution in [2.75, 3.05) is 20.3 Å². The zero-order valence-corrected chi connectivity index (χ0v) is 11.3. The van der Waals surface area contributed by atoms with Gasteiger partial charge in [-0.1, -0.05) is 12.2 Å². The molecule has 1 aliphatic heterocycles. The van der Waals surface area contributed by atoms with Crippen LogP contribution in [0.4, 0.5) is 0 Å². The predicted molar refractivity (Wildman–Crippen MR) is 68.3 cm³/mol. The van der Waals surface area contributed by atoms with Crippen molar-refractivity contribution in [2.24, 2.45) is 0 Å². The summed E-state index contributed by atoms with van der Waals surface area (Å²) in [4.78, 5) is 19.1. The van der Waals surface area contributed by atoms with Crippen molar-refractivity contribution in [1.82, 2.24) is 9.97 Å². The SMILES string of the molecule is COC(=O)c1c(C)[nH]c(C2CCOCC2)nc1=S. The lowest BCUT2D eigenvalue weighted by Gasteiger charge is -2.21. The van der Waals surface area contributed by atoms with E-state index >= 15 is 0 Å². The number of aromatic amines is 1. The van der Waals surface area contributed by atoms with E-state index < -0.39 is 5.97 Å². The van der Waals surface area contributed by atoms with Crippen molar-refractivity contribution in [3.63, 3.8) is 0 Å². The molecule has 0 amide bonds. The number of hydrogen-bond donors (Lipinski definition) is 1. The molecule has 1 N–H and O–H groups in total. The first-order valence-electron chi connectivity index (χ1n) is 5.90. The van der Waals surface area contributed by atoms with E-state index in [1.165, 1.54) is 7.11 Å². The Bertz CT molecular complexity index is 507. The molecule has 2 heterocycles. The molecule has 1 aromatic heterocycles. The third-order valence-corrected chi connectivity index (χ3v) is 3.42. The predicted octanol–water partition coefficient (Wildman–Crippen LogP) is 2.13. The van der Waals surface area contributed by atoms with Gasteiger partial charge in [-0.05, 0) is 19.8 Å². The smallest absolute Gasteiger partial charge is 0.342 e. The van der Waals surface area contributed by atoms with Gasteiger partial charge in [0.2, 0.25) is 0 Å². The Morgan fingerprint density at radius 1 is 1.50 bits per heavy atom. The van der Waals surface area contributed by atoms with E-state index in [0.717, 1.165) is 31.9 Å². The Kier molecular flexibility index (Phi) is 4.08. The number of rotatable bonds is 2. The van der Waals surface area contributed by atoms with Gasteiger partial charge in [-0.2, -0.15) is 0 Å². The van der Waals surface area contributed by atoms with Crippen LogP contribution >= 0.6 is 12.2 Å². The molecule has 0 bridgehead atoms. The van der Waals surface area contributed by atoms with Crippen LogP contribution < -0.4 is 0 Å². The molecule has 18 heavy (non-hydrogen) atoms. The fraction of sp³-hybridized carbons (Fsp3) is 0.583. The molecule has 5 nitrogen and oxygen atoms in total. The third-order valence-electron chi connectivity index (χ3n) is 3.12. The maximum Gasteiger partial charge on any atom is 0.342 e. The van der Waals surface area contributed by atoms with Gasteiger partial charge in [0.1, 0.15) is 16.0 Å². The lowest BCUT2D eigenvalue weighted by atomic mass is 9.99. The van der Waals surface area contributed by atoms with E-state index in [2.05, 4.69) is 9.97 Å². The highest BCUT2D eigenvalue weighted by Gasteiger charge is 2.21. The Balaban J connectivity index is 2.35. The van der Waals surface area contributed by atoms with Crippen LogP contribution in [0.25, 0.3) is 0 Å². The summed E-state index contributed by atoms with van der Waals surface area (Å²) < 4.78 is 10.3. The van der Waals surface area contributed by atoms with E-state index in [9.17, 15) is 4.79 Å². The van der Waals surface area contributed by atoms with Crippen molar-refractivity contribution in [2.45, 2.75) is 25.7 Å². The average Bonchev–Trinajstić information content (AvgIpc) is 2.38. The van der Waals surface area contributed by atoms with E-state index in [0.29, 0.717) is 21.8 Å². The van der Waals surface area contributed by atoms with Crippen molar-refractivity contribution in [3.05, 3.63) is 21.7 Å². The largest absolute Gasteiger partial charge is 0.465 e. The molecule has 0 aliphatic carbocycles. The number of nitrogens with zero attached hydrogens (tertiary/aromatic N) is 1. The maximum atomic E-state index is 11.6. The number of aromatic nitrogens is 2. The fourth-order valence-electron chi connectivity index (χ4n) is 2.12. The second-order valence-corrected chi connectivity index (χ2v) is 4.69. The van der Waals surface area contributed by atoms with E-state index in [-0.39, 0.29) is 0 Å². The van der Waals surface area contributed by atoms with Crippen LogP contribution in [0.1, 0.15) is 40.6 Å². The summed E-state index contributed by atoms with van der Waals surface area (Å²) in [5.74, 6) is 0.721. The van der Waals surface area contributed by atoms with Gasteiger partial charge in [0.05, 0.1) is 7.11 Å². The number of carbonyl (C=O) groups excluding carboxylic acids is 1. The highest BCUT2D eigenvalue weighted by molar-refractivity contribution is 7.71. The summed E-state index contributed by atoms with van der Waals surface area (Å²) in [6.45, 7) is 3.29. The lowest BCUT2D eigenvalue weighted by Crippen LogP contribution is -2.18. The first-order valence-corrected chi connectivity index (χ1v) is 6.31. The summed E-state index contributed by atoms with van der Waals surface area (Å²) in [6, 6.07) is 0. The van der Waals surface area contributed by atoms with Crippen LogP contribution in [0.15, 0.2) is 0 Å². The number of hydrogen-bond acceptors (Lipinski definition) is 5. The molecule has 2 rings (SSSR count). The summed E-state index contributed by atoms with van der Waals surface area (Å²) in [6.07, 6.45) is 1.85. The van der Waals surface area contributed by atoms with Gasteiger partial charge in [-0.3, -0.25) is 0 Å². The molecule has 98 valence electrons. The minimum Gasteiger partial charge on any atom is -0.465 e. The van der Waals surface area contributed by atoms with Gasteiger partial charge in [-0.15, -0.1) is 0 Å². The normalized spacial score (nSPS) is 16.6. The second kappa shape index (κ2) is 5.58. The summed E-state index contributed by atoms with van der Waals surface area (Å²) >= 11 is 5.18. The third kappa shape index (κ3) is 2.59. The zero-order valence-electron chi connectivity index (χ0n) is 10.5. The van der Waals surface area contributed by atoms with Gasteiger partial charge in [-0.25, -0.2) is 9.78 Å². The van der Waals surface area contributed by atoms with Crippen LogP contribution in [0.2, 0.25) is 0 Å². The van der Waals surface area contributed by atoms with Gasteiger partial charge < -0.3 is 14.5 Å². The second-order valence-electron chi connectivity index (χ2n) is 4.31. The minimum absolute atomic E-state index is 0.305. The van der Waals surface area contributed by atoms with Gasteiger partial charge in [0.15, 0.2) is 0 Å². The summed E-state index contributed by atoms with van der Waals surface area (Å²) in [5, 5.41) is 0. The van der Waals surface area contributed by atoms with E-state index in [1.807, 2.05) is 6.92 Å². The number of carbonyl (C=O) groups is 1. The fourth-order valence-corrected chi connectivity index (χ4v) is 2.45. The van der Waals surface area contributed by atoms with Gasteiger partial charge >= 0.3 is 5.97 Å². The number of aryl methyl sites for hydroxylation is 1. The Hall–Kier alpha value is -1.27. The molecule has 1 saturated heterocycles. The van der Waals surface area contributed by atoms with Crippen LogP contribution in [0, 0.1) is 11.6 Å². The Morgan fingerprint density at radius 3 is 2.72 bits per heavy atom. The van der Waals surface area contributed by atoms with E-state index in [1.54, 1.807) is 0 Å². The van der Waals surface area contributed by atoms with Crippen molar-refractivity contribution < 1.29 is 14.3 Å². The first kappa shape index (κ1) is 13.2. The van der Waals surface area contributed by atoms with Crippen LogP contribution in [0.5, 0.6) is 0 Å². The van der Waals surface area contributed by atoms with E-state index in [4.69, 9.17) is 21.7 Å². The topological polar surface area (TPSA) is 64.2 Å². The number of esters is 1. The standard InChI is InChI=1S/C12H16N2O3S/c1-7-9(12(15)16-2)11(18)14-10(13-7)8-3-5-17-6-4-8/h8H,3-6H2,1-2H3,(H,13,14,18). The average molecular weight is 268 g/mol. The molecule has 0 atom stereocenters. The summed E-state index contributed by atoms with van der Waals surface area (Å²) in [5.41, 5.74) is 1.06. The number of nitrogens with one attached hydrogen (secondary N) is 1. The molecule has 0 radical (unpaired) electrons. The van der Waals surface area contributed by atoms with Crippen molar-refractivity contribution >= 4 is 18.2 Å². The number of H-pyrrole nitrogens is 1. The molecule has 1 fully saturated rings. The monoisotopic (exact) mass is 268 g/mol. The van der Waals surface area contributed by atoms with Gasteiger partial charge in [0.25, 0.3) is 0 Å². The molecular formula is C12H16N2O3S. The molecule has 0 spiro atoms. The minimum atomic E-state index is -0.445. The Morgan fingerprint density at radius 2 is 2.17 bits per heavy atom. The van der Waals surface area contributed by atoms with Crippen LogP contribution in [0.3, 0.4) is 0 Å². The Labute approximate surface area is 111 Å². The van der Waals surface area contributed by atoms with Crippen molar-refractivity contribution in [3.8, 4) is 0 Å². The highest BCUT2D eigenvalue weighted by Crippen LogP contribution is 2.24. The molecule has 0 saturated carbocycles. The van der Waals surface area contributed by atoms with Gasteiger partial charge in [0, 0.05) is 24.8 Å². The highest BCUT2D eigenvalue weighted by atomic mass is 32.1. The molecule has 1 aliphatic rings. The van der Waals surface area contributed by atoms with Crippen LogP contribution in [-0.2, 0) is 9.47 Å². The zero-order chi connectivity index (χ0) is 13.1. The summed E-state index contributed by atoms with van der Waals surface area (Å²) in [7, 11) is 1.34. The molecule has 0 aromatic carbocycles.